The molecule has 0 bridgehead atoms. The Balaban J connectivity index is 2.48. The minimum atomic E-state index is -3.66. The average molecular weight is 352 g/mol. The molecule has 0 aromatic rings. The Labute approximate surface area is 134 Å². The fraction of sp³-hybridized carbons (Fsp3) is 0.692. The molecule has 0 aliphatic carbocycles. The normalized spacial score (nSPS) is 27.3. The first-order chi connectivity index (χ1) is 10.0. The van der Waals surface area contributed by atoms with Gasteiger partial charge in [0.1, 0.15) is 11.3 Å². The summed E-state index contributed by atoms with van der Waals surface area (Å²) in [4.78, 5) is 25.4. The second-order valence-electron chi connectivity index (χ2n) is 6.15. The lowest BCUT2D eigenvalue weighted by Crippen LogP contribution is -2.70. The largest absolute Gasteiger partial charge is 0.455 e. The van der Waals surface area contributed by atoms with Crippen LogP contribution in [0.3, 0.4) is 0 Å². The molecular weight excluding hydrogens is 334 g/mol. The van der Waals surface area contributed by atoms with Gasteiger partial charge in [-0.05, 0) is 26.3 Å². The number of rotatable bonds is 3. The summed E-state index contributed by atoms with van der Waals surface area (Å²) in [6.07, 6.45) is -1.10. The van der Waals surface area contributed by atoms with Crippen molar-refractivity contribution in [3.63, 3.8) is 0 Å². The van der Waals surface area contributed by atoms with Gasteiger partial charge in [-0.1, -0.05) is 0 Å². The molecule has 0 N–H and O–H groups in total. The van der Waals surface area contributed by atoms with Crippen LogP contribution in [0.15, 0.2) is 11.3 Å². The maximum atomic E-state index is 12.4. The van der Waals surface area contributed by atoms with E-state index in [0.29, 0.717) is 0 Å². The predicted molar refractivity (Wildman–Crippen MR) is 78.8 cm³/mol. The zero-order valence-electron chi connectivity index (χ0n) is 12.8. The number of carbonyl (C=O) groups excluding carboxylic acids is 2. The van der Waals surface area contributed by atoms with Gasteiger partial charge < -0.3 is 9.47 Å². The maximum absolute atomic E-state index is 12.4. The van der Waals surface area contributed by atoms with E-state index in [0.717, 1.165) is 4.90 Å². The summed E-state index contributed by atoms with van der Waals surface area (Å²) in [6.45, 7) is 5.04. The van der Waals surface area contributed by atoms with Crippen LogP contribution in [0.25, 0.3) is 0 Å². The van der Waals surface area contributed by atoms with E-state index in [9.17, 15) is 18.0 Å². The van der Waals surface area contributed by atoms with Crippen LogP contribution in [0, 0.1) is 0 Å². The van der Waals surface area contributed by atoms with E-state index in [1.54, 1.807) is 20.8 Å². The van der Waals surface area contributed by atoms with Gasteiger partial charge in [0.15, 0.2) is 21.3 Å². The minimum absolute atomic E-state index is 0.0805. The number of fused-ring (bicyclic) bond motifs is 1. The Hall–Kier alpha value is -1.12. The molecule has 2 atom stereocenters. The Morgan fingerprint density at radius 2 is 2.00 bits per heavy atom. The number of esters is 1. The number of β-lactam (4-membered cyclic amide) rings is 1. The SMILES string of the molecule is CO[C@@H]1C(=O)N2C(C(=O)OC(C)(C)C)=C(CCl)CS(=O)(=O)C12. The molecule has 9 heteroatoms. The van der Waals surface area contributed by atoms with E-state index in [2.05, 4.69) is 0 Å². The zero-order chi connectivity index (χ0) is 16.9. The van der Waals surface area contributed by atoms with Gasteiger partial charge in [-0.25, -0.2) is 13.2 Å². The number of carbonyl (C=O) groups is 2. The zero-order valence-corrected chi connectivity index (χ0v) is 14.3. The molecule has 0 aromatic heterocycles. The fourth-order valence-electron chi connectivity index (χ4n) is 2.48. The Kier molecular flexibility index (Phi) is 4.31. The maximum Gasteiger partial charge on any atom is 0.355 e. The molecule has 0 radical (unpaired) electrons. The molecule has 2 heterocycles. The molecule has 1 saturated heterocycles. The highest BCUT2D eigenvalue weighted by molar-refractivity contribution is 7.92. The van der Waals surface area contributed by atoms with Gasteiger partial charge in [0, 0.05) is 13.0 Å². The van der Waals surface area contributed by atoms with Gasteiger partial charge in [-0.15, -0.1) is 11.6 Å². The van der Waals surface area contributed by atoms with Crippen LogP contribution in [0.4, 0.5) is 0 Å². The van der Waals surface area contributed by atoms with Crippen molar-refractivity contribution < 1.29 is 27.5 Å². The molecule has 2 aliphatic rings. The van der Waals surface area contributed by atoms with Gasteiger partial charge in [0.2, 0.25) is 0 Å². The summed E-state index contributed by atoms with van der Waals surface area (Å²) in [7, 11) is -2.41. The summed E-state index contributed by atoms with van der Waals surface area (Å²) >= 11 is 5.77. The van der Waals surface area contributed by atoms with Crippen molar-refractivity contribution in [2.24, 2.45) is 0 Å². The first-order valence-electron chi connectivity index (χ1n) is 6.62. The number of hydrogen-bond donors (Lipinski definition) is 0. The molecule has 1 amide bonds. The summed E-state index contributed by atoms with van der Waals surface area (Å²) in [5.74, 6) is -1.91. The lowest BCUT2D eigenvalue weighted by molar-refractivity contribution is -0.167. The van der Waals surface area contributed by atoms with Crippen molar-refractivity contribution >= 4 is 33.3 Å². The van der Waals surface area contributed by atoms with Crippen molar-refractivity contribution in [3.8, 4) is 0 Å². The monoisotopic (exact) mass is 351 g/mol. The summed E-state index contributed by atoms with van der Waals surface area (Å²) in [6, 6.07) is 0. The van der Waals surface area contributed by atoms with Gasteiger partial charge >= 0.3 is 5.97 Å². The summed E-state index contributed by atoms with van der Waals surface area (Å²) < 4.78 is 34.7. The minimum Gasteiger partial charge on any atom is -0.455 e. The number of ether oxygens (including phenoxy) is 2. The van der Waals surface area contributed by atoms with E-state index in [4.69, 9.17) is 21.1 Å². The van der Waals surface area contributed by atoms with Crippen LogP contribution in [0.5, 0.6) is 0 Å². The number of methoxy groups -OCH3 is 1. The number of halogens is 1. The molecule has 124 valence electrons. The molecule has 0 saturated carbocycles. The second-order valence-corrected chi connectivity index (χ2v) is 8.51. The van der Waals surface area contributed by atoms with Crippen molar-refractivity contribution in [1.29, 1.82) is 0 Å². The second kappa shape index (κ2) is 5.50. The van der Waals surface area contributed by atoms with Gasteiger partial charge in [0.25, 0.3) is 5.91 Å². The number of nitrogens with zero attached hydrogens (tertiary/aromatic N) is 1. The molecular formula is C13H18ClNO6S. The highest BCUT2D eigenvalue weighted by atomic mass is 35.5. The molecule has 0 spiro atoms. The Bertz CT molecular complexity index is 648. The van der Waals surface area contributed by atoms with Crippen LogP contribution in [-0.4, -0.2) is 61.0 Å². The Morgan fingerprint density at radius 1 is 1.41 bits per heavy atom. The quantitative estimate of drug-likeness (QED) is 0.416. The number of sulfone groups is 1. The molecule has 2 aliphatic heterocycles. The van der Waals surface area contributed by atoms with E-state index in [-0.39, 0.29) is 22.9 Å². The lowest BCUT2D eigenvalue weighted by atomic mass is 10.1. The van der Waals surface area contributed by atoms with Crippen LogP contribution in [0.2, 0.25) is 0 Å². The Morgan fingerprint density at radius 3 is 2.45 bits per heavy atom. The average Bonchev–Trinajstić information content (AvgIpc) is 2.36. The first kappa shape index (κ1) is 17.2. The van der Waals surface area contributed by atoms with Gasteiger partial charge in [0.05, 0.1) is 5.75 Å². The van der Waals surface area contributed by atoms with Crippen molar-refractivity contribution in [2.75, 3.05) is 18.7 Å². The topological polar surface area (TPSA) is 90.0 Å². The third kappa shape index (κ3) is 2.75. The van der Waals surface area contributed by atoms with E-state index < -0.39 is 38.8 Å². The van der Waals surface area contributed by atoms with E-state index in [1.165, 1.54) is 7.11 Å². The van der Waals surface area contributed by atoms with Crippen LogP contribution < -0.4 is 0 Å². The predicted octanol–water partition coefficient (Wildman–Crippen LogP) is 0.433. The van der Waals surface area contributed by atoms with Crippen LogP contribution in [-0.2, 0) is 28.9 Å². The molecule has 7 nitrogen and oxygen atoms in total. The molecule has 2 rings (SSSR count). The standard InChI is InChI=1S/C13H18ClNO6S/c1-13(2,3)21-12(17)8-7(5-14)6-22(18,19)11-9(20-4)10(16)15(8)11/h9,11H,5-6H2,1-4H3/t9-,11?/m1/s1. The van der Waals surface area contributed by atoms with E-state index in [1.807, 2.05) is 0 Å². The highest BCUT2D eigenvalue weighted by Gasteiger charge is 2.60. The first-order valence-corrected chi connectivity index (χ1v) is 8.87. The third-order valence-corrected chi connectivity index (χ3v) is 5.59. The highest BCUT2D eigenvalue weighted by Crippen LogP contribution is 2.38. The van der Waals surface area contributed by atoms with Crippen LogP contribution >= 0.6 is 11.6 Å². The molecule has 0 aromatic carbocycles. The van der Waals surface area contributed by atoms with Gasteiger partial charge in [-0.3, -0.25) is 9.69 Å². The molecule has 1 unspecified atom stereocenters. The molecule has 22 heavy (non-hydrogen) atoms. The number of amides is 1. The number of alkyl halides is 1. The summed E-state index contributed by atoms with van der Waals surface area (Å²) in [5.41, 5.74) is -0.694. The summed E-state index contributed by atoms with van der Waals surface area (Å²) in [5, 5.41) is -1.19. The fourth-order valence-corrected chi connectivity index (χ4v) is 4.84. The third-order valence-electron chi connectivity index (χ3n) is 3.32. The number of hydrogen-bond acceptors (Lipinski definition) is 6. The van der Waals surface area contributed by atoms with Crippen molar-refractivity contribution in [3.05, 3.63) is 11.3 Å². The van der Waals surface area contributed by atoms with Crippen molar-refractivity contribution in [1.82, 2.24) is 4.90 Å². The lowest BCUT2D eigenvalue weighted by Gasteiger charge is -2.48. The van der Waals surface area contributed by atoms with E-state index >= 15 is 0 Å². The molecule has 1 fully saturated rings. The smallest absolute Gasteiger partial charge is 0.355 e. The van der Waals surface area contributed by atoms with Gasteiger partial charge in [-0.2, -0.15) is 0 Å². The van der Waals surface area contributed by atoms with Crippen molar-refractivity contribution in [2.45, 2.75) is 37.9 Å². The van der Waals surface area contributed by atoms with Crippen LogP contribution in [0.1, 0.15) is 20.8 Å².